The number of benzene rings is 1. The van der Waals surface area contributed by atoms with Crippen LogP contribution in [0.2, 0.25) is 0 Å². The SMILES string of the molecule is CCOC(=O)C1CN(C(O)c2cnn(Cc3ccccc3)c2)CC12CN(C(=O)[C@H]1CC1(C)C)C2. The number of amides is 1. The first-order valence-electron chi connectivity index (χ1n) is 12.2. The zero-order valence-electron chi connectivity index (χ0n) is 20.2. The molecule has 0 radical (unpaired) electrons. The molecular weight excluding hydrogens is 432 g/mol. The summed E-state index contributed by atoms with van der Waals surface area (Å²) in [4.78, 5) is 29.5. The van der Waals surface area contributed by atoms with Crippen LogP contribution in [0.15, 0.2) is 42.7 Å². The summed E-state index contributed by atoms with van der Waals surface area (Å²) < 4.78 is 7.19. The van der Waals surface area contributed by atoms with Crippen LogP contribution in [0.1, 0.15) is 44.5 Å². The number of rotatable bonds is 7. The first kappa shape index (κ1) is 23.1. The quantitative estimate of drug-likeness (QED) is 0.630. The summed E-state index contributed by atoms with van der Waals surface area (Å²) in [6.45, 7) is 9.02. The molecule has 1 N–H and O–H groups in total. The van der Waals surface area contributed by atoms with Crippen molar-refractivity contribution in [2.45, 2.75) is 40.0 Å². The molecular formula is C26H34N4O4. The van der Waals surface area contributed by atoms with Gasteiger partial charge in [0.2, 0.25) is 5.91 Å². The lowest BCUT2D eigenvalue weighted by molar-refractivity contribution is -0.162. The summed E-state index contributed by atoms with van der Waals surface area (Å²) in [6.07, 6.45) is 3.60. The lowest BCUT2D eigenvalue weighted by Gasteiger charge is -2.50. The smallest absolute Gasteiger partial charge is 0.310 e. The summed E-state index contributed by atoms with van der Waals surface area (Å²) in [5, 5.41) is 15.6. The van der Waals surface area contributed by atoms with Crippen molar-refractivity contribution in [3.63, 3.8) is 0 Å². The predicted octanol–water partition coefficient (Wildman–Crippen LogP) is 2.29. The molecule has 3 heterocycles. The first-order valence-corrected chi connectivity index (χ1v) is 12.2. The minimum absolute atomic E-state index is 0.0815. The number of carbonyl (C=O) groups is 2. The molecule has 1 saturated carbocycles. The monoisotopic (exact) mass is 466 g/mol. The molecule has 1 aromatic carbocycles. The zero-order valence-corrected chi connectivity index (χ0v) is 20.2. The second kappa shape index (κ2) is 8.50. The summed E-state index contributed by atoms with van der Waals surface area (Å²) in [5.74, 6) is -0.322. The third kappa shape index (κ3) is 4.14. The summed E-state index contributed by atoms with van der Waals surface area (Å²) >= 11 is 0. The van der Waals surface area contributed by atoms with Gasteiger partial charge in [0.1, 0.15) is 6.23 Å². The van der Waals surface area contributed by atoms with E-state index in [4.69, 9.17) is 4.74 Å². The minimum Gasteiger partial charge on any atom is -0.466 e. The van der Waals surface area contributed by atoms with Crippen LogP contribution in [0.25, 0.3) is 0 Å². The van der Waals surface area contributed by atoms with Gasteiger partial charge in [0.15, 0.2) is 0 Å². The molecule has 34 heavy (non-hydrogen) atoms. The Morgan fingerprint density at radius 3 is 2.53 bits per heavy atom. The largest absolute Gasteiger partial charge is 0.466 e. The van der Waals surface area contributed by atoms with Gasteiger partial charge >= 0.3 is 5.97 Å². The molecule has 0 bridgehead atoms. The van der Waals surface area contributed by atoms with E-state index in [9.17, 15) is 14.7 Å². The van der Waals surface area contributed by atoms with Gasteiger partial charge in [-0.25, -0.2) is 0 Å². The summed E-state index contributed by atoms with van der Waals surface area (Å²) in [7, 11) is 0. The Balaban J connectivity index is 1.28. The average molecular weight is 467 g/mol. The standard InChI is InChI=1S/C26H34N4O4/c1-4-34-24(33)21-14-28(15-26(21)16-29(17-26)23(32)20-10-25(20,2)3)22(31)19-11-27-30(13-19)12-18-8-6-5-7-9-18/h5-9,11,13,20-22,31H,4,10,12,14-17H2,1-3H3/t20-,21?,22?/m1/s1. The maximum absolute atomic E-state index is 12.9. The van der Waals surface area contributed by atoms with E-state index in [2.05, 4.69) is 18.9 Å². The lowest BCUT2D eigenvalue weighted by atomic mass is 9.71. The number of likely N-dealkylation sites (tertiary alicyclic amines) is 2. The number of hydrogen-bond donors (Lipinski definition) is 1. The number of aliphatic hydroxyl groups is 1. The van der Waals surface area contributed by atoms with Crippen LogP contribution in [0.3, 0.4) is 0 Å². The van der Waals surface area contributed by atoms with Crippen molar-refractivity contribution in [3.05, 3.63) is 53.9 Å². The van der Waals surface area contributed by atoms with E-state index in [0.717, 1.165) is 12.0 Å². The van der Waals surface area contributed by atoms with Crippen molar-refractivity contribution in [3.8, 4) is 0 Å². The Labute approximate surface area is 200 Å². The lowest BCUT2D eigenvalue weighted by Crippen LogP contribution is -2.63. The molecule has 2 aliphatic heterocycles. The van der Waals surface area contributed by atoms with Crippen molar-refractivity contribution >= 4 is 11.9 Å². The van der Waals surface area contributed by atoms with Gasteiger partial charge in [-0.15, -0.1) is 0 Å². The van der Waals surface area contributed by atoms with Crippen LogP contribution in [-0.4, -0.2) is 69.3 Å². The third-order valence-electron chi connectivity index (χ3n) is 7.86. The van der Waals surface area contributed by atoms with E-state index in [1.165, 1.54) is 0 Å². The van der Waals surface area contributed by atoms with Crippen molar-refractivity contribution in [2.24, 2.45) is 22.7 Å². The van der Waals surface area contributed by atoms with Gasteiger partial charge in [-0.1, -0.05) is 44.2 Å². The number of ether oxygens (including phenoxy) is 1. The predicted molar refractivity (Wildman–Crippen MR) is 125 cm³/mol. The number of hydrogen-bond acceptors (Lipinski definition) is 6. The van der Waals surface area contributed by atoms with Gasteiger partial charge in [0.05, 0.1) is 25.3 Å². The number of esters is 1. The minimum atomic E-state index is -0.868. The molecule has 1 spiro atoms. The van der Waals surface area contributed by atoms with Crippen LogP contribution in [-0.2, 0) is 20.9 Å². The molecule has 1 aromatic heterocycles. The maximum atomic E-state index is 12.9. The second-order valence-corrected chi connectivity index (χ2v) is 10.9. The van der Waals surface area contributed by atoms with E-state index in [1.54, 1.807) is 13.1 Å². The molecule has 3 fully saturated rings. The molecule has 2 aromatic rings. The van der Waals surface area contributed by atoms with Crippen molar-refractivity contribution in [1.82, 2.24) is 19.6 Å². The molecule has 182 valence electrons. The maximum Gasteiger partial charge on any atom is 0.310 e. The van der Waals surface area contributed by atoms with Crippen molar-refractivity contribution in [2.75, 3.05) is 32.8 Å². The highest BCUT2D eigenvalue weighted by Crippen LogP contribution is 2.55. The number of aliphatic hydroxyl groups excluding tert-OH is 1. The Morgan fingerprint density at radius 1 is 1.18 bits per heavy atom. The normalized spacial score (nSPS) is 25.7. The summed E-state index contributed by atoms with van der Waals surface area (Å²) in [5.41, 5.74) is 1.54. The highest BCUT2D eigenvalue weighted by molar-refractivity contribution is 5.84. The number of aromatic nitrogens is 2. The van der Waals surface area contributed by atoms with Crippen LogP contribution in [0.4, 0.5) is 0 Å². The van der Waals surface area contributed by atoms with Crippen molar-refractivity contribution in [1.29, 1.82) is 0 Å². The van der Waals surface area contributed by atoms with E-state index in [0.29, 0.717) is 44.9 Å². The Kier molecular flexibility index (Phi) is 5.76. The highest BCUT2D eigenvalue weighted by atomic mass is 16.5. The number of carbonyl (C=O) groups excluding carboxylic acids is 2. The van der Waals surface area contributed by atoms with Gasteiger partial charge in [-0.05, 0) is 24.3 Å². The molecule has 5 rings (SSSR count). The average Bonchev–Trinajstić information content (AvgIpc) is 3.13. The molecule has 1 aliphatic carbocycles. The van der Waals surface area contributed by atoms with Crippen LogP contribution in [0, 0.1) is 22.7 Å². The van der Waals surface area contributed by atoms with Gasteiger partial charge in [-0.2, -0.15) is 5.10 Å². The molecule has 3 atom stereocenters. The first-order chi connectivity index (χ1) is 16.2. The van der Waals surface area contributed by atoms with Gasteiger partial charge in [-0.3, -0.25) is 19.2 Å². The second-order valence-electron chi connectivity index (χ2n) is 10.9. The number of nitrogens with zero attached hydrogens (tertiary/aromatic N) is 4. The van der Waals surface area contributed by atoms with Gasteiger partial charge < -0.3 is 14.7 Å². The summed E-state index contributed by atoms with van der Waals surface area (Å²) in [6, 6.07) is 10.0. The Morgan fingerprint density at radius 2 is 1.88 bits per heavy atom. The van der Waals surface area contributed by atoms with Crippen molar-refractivity contribution < 1.29 is 19.4 Å². The molecule has 2 saturated heterocycles. The fourth-order valence-corrected chi connectivity index (χ4v) is 5.64. The highest BCUT2D eigenvalue weighted by Gasteiger charge is 2.62. The molecule has 8 heteroatoms. The van der Waals surface area contributed by atoms with Crippen LogP contribution >= 0.6 is 0 Å². The Bertz CT molecular complexity index is 1060. The van der Waals surface area contributed by atoms with E-state index in [1.807, 2.05) is 51.0 Å². The fraction of sp³-hybridized carbons (Fsp3) is 0.577. The van der Waals surface area contributed by atoms with E-state index in [-0.39, 0.29) is 34.5 Å². The molecule has 8 nitrogen and oxygen atoms in total. The Hall–Kier alpha value is -2.71. The van der Waals surface area contributed by atoms with Crippen LogP contribution in [0.5, 0.6) is 0 Å². The third-order valence-corrected chi connectivity index (χ3v) is 7.86. The molecule has 2 unspecified atom stereocenters. The fourth-order valence-electron chi connectivity index (χ4n) is 5.64. The zero-order chi connectivity index (χ0) is 24.1. The van der Waals surface area contributed by atoms with Crippen LogP contribution < -0.4 is 0 Å². The van der Waals surface area contributed by atoms with E-state index < -0.39 is 6.23 Å². The van der Waals surface area contributed by atoms with E-state index >= 15 is 0 Å². The van der Waals surface area contributed by atoms with Gasteiger partial charge in [0.25, 0.3) is 0 Å². The van der Waals surface area contributed by atoms with Gasteiger partial charge in [0, 0.05) is 49.3 Å². The molecule has 3 aliphatic rings. The topological polar surface area (TPSA) is 87.9 Å². The molecule has 1 amide bonds.